The topological polar surface area (TPSA) is 69.6 Å². The van der Waals surface area contributed by atoms with Gasteiger partial charge in [-0.1, -0.05) is 107 Å². The second-order valence-electron chi connectivity index (χ2n) is 19.9. The van der Waals surface area contributed by atoms with Crippen molar-refractivity contribution in [1.82, 2.24) is 10.2 Å². The SMILES string of the molecule is C=C(C)[C@@H]1CC[C@]2(CNC(=O)CN(C)C)CC[C@]3(C)[C@H](CC[C@@H]4[C@@]5(C)CC=C(c6ccc(C(=O)C(O)c7ccccc7)cc6)C(C)(C)[C@@H]5CC[C@]43C)[C@@H]12. The summed E-state index contributed by atoms with van der Waals surface area (Å²) in [6, 6.07) is 17.2. The van der Waals surface area contributed by atoms with Crippen LogP contribution in [0.25, 0.3) is 5.57 Å². The van der Waals surface area contributed by atoms with E-state index in [1.165, 1.54) is 68.1 Å². The average Bonchev–Trinajstić information content (AvgIpc) is 3.51. The van der Waals surface area contributed by atoms with E-state index in [1.54, 1.807) is 12.1 Å². The quantitative estimate of drug-likeness (QED) is 0.200. The molecule has 0 bridgehead atoms. The Kier molecular flexibility index (Phi) is 9.83. The van der Waals surface area contributed by atoms with Crippen LogP contribution in [0.5, 0.6) is 0 Å². The Balaban J connectivity index is 1.15. The van der Waals surface area contributed by atoms with Crippen LogP contribution in [-0.4, -0.2) is 48.9 Å². The highest BCUT2D eigenvalue weighted by molar-refractivity contribution is 6.00. The number of ketones is 1. The molecule has 7 rings (SSSR count). The van der Waals surface area contributed by atoms with Crippen molar-refractivity contribution in [2.45, 2.75) is 105 Å². The minimum Gasteiger partial charge on any atom is -0.380 e. The molecule has 5 nitrogen and oxygen atoms in total. The Hall–Kier alpha value is -3.02. The third kappa shape index (κ3) is 6.02. The molecule has 1 amide bonds. The number of fused-ring (bicyclic) bond motifs is 7. The Morgan fingerprint density at radius 3 is 2.23 bits per heavy atom. The number of allylic oxidation sites excluding steroid dienone is 3. The van der Waals surface area contributed by atoms with E-state index < -0.39 is 6.10 Å². The molecule has 0 heterocycles. The molecule has 5 heteroatoms. The molecule has 4 fully saturated rings. The van der Waals surface area contributed by atoms with Gasteiger partial charge in [-0.15, -0.1) is 0 Å². The molecule has 0 radical (unpaired) electrons. The van der Waals surface area contributed by atoms with Gasteiger partial charge < -0.3 is 15.3 Å². The van der Waals surface area contributed by atoms with Crippen molar-refractivity contribution < 1.29 is 14.7 Å². The molecule has 0 aromatic heterocycles. The van der Waals surface area contributed by atoms with Crippen molar-refractivity contribution in [2.24, 2.45) is 56.7 Å². The highest BCUT2D eigenvalue weighted by Crippen LogP contribution is 2.77. The summed E-state index contributed by atoms with van der Waals surface area (Å²) in [5.41, 5.74) is 6.00. The maximum Gasteiger partial charge on any atom is 0.234 e. The van der Waals surface area contributed by atoms with Gasteiger partial charge in [-0.25, -0.2) is 0 Å². The maximum atomic E-state index is 13.2. The standard InChI is InChI=1S/C48H66N2O3/c1-31(2)35-21-26-48(30-49-40(51)29-50(8)9)28-27-46(6)37(41(35)48)19-20-39-45(5)24-22-36(44(3,4)38(45)23-25-47(39,46)7)32-15-17-34(18-16-32)43(53)42(52)33-13-11-10-12-14-33/h10-18,22,35,37-39,41-42,52H,1,19-21,23-30H2,2-9H3,(H,49,51)/t35-,37+,38-,39+,41+,42?,45-,46+,47+,48+/m0/s1. The Morgan fingerprint density at radius 1 is 0.868 bits per heavy atom. The van der Waals surface area contributed by atoms with E-state index in [2.05, 4.69) is 71.6 Å². The number of nitrogens with one attached hydrogen (secondary N) is 1. The molecule has 0 aliphatic heterocycles. The van der Waals surface area contributed by atoms with Crippen LogP contribution in [0.3, 0.4) is 0 Å². The van der Waals surface area contributed by atoms with Crippen LogP contribution in [0.15, 0.2) is 72.8 Å². The second kappa shape index (κ2) is 13.6. The molecule has 5 aliphatic rings. The highest BCUT2D eigenvalue weighted by Gasteiger charge is 2.70. The Morgan fingerprint density at radius 2 is 1.57 bits per heavy atom. The van der Waals surface area contributed by atoms with Gasteiger partial charge in [-0.2, -0.15) is 0 Å². The lowest BCUT2D eigenvalue weighted by Crippen LogP contribution is -2.66. The van der Waals surface area contributed by atoms with Crippen molar-refractivity contribution in [1.29, 1.82) is 0 Å². The zero-order valence-corrected chi connectivity index (χ0v) is 33.9. The van der Waals surface area contributed by atoms with Gasteiger partial charge in [0.1, 0.15) is 6.10 Å². The first-order valence-corrected chi connectivity index (χ1v) is 20.6. The van der Waals surface area contributed by atoms with Crippen molar-refractivity contribution in [3.8, 4) is 0 Å². The lowest BCUT2D eigenvalue weighted by Gasteiger charge is -2.72. The van der Waals surface area contributed by atoms with Gasteiger partial charge in [0.05, 0.1) is 6.54 Å². The number of Topliss-reactive ketones (excluding diaryl/α,β-unsaturated/α-hetero) is 1. The summed E-state index contributed by atoms with van der Waals surface area (Å²) in [6.07, 6.45) is 12.4. The number of hydrogen-bond acceptors (Lipinski definition) is 4. The summed E-state index contributed by atoms with van der Waals surface area (Å²) >= 11 is 0. The van der Waals surface area contributed by atoms with Crippen molar-refractivity contribution in [3.05, 3.63) is 89.5 Å². The van der Waals surface area contributed by atoms with Crippen LogP contribution >= 0.6 is 0 Å². The Bertz CT molecular complexity index is 1760. The first kappa shape index (κ1) is 38.3. The number of hydrogen-bond donors (Lipinski definition) is 2. The number of benzene rings is 2. The predicted octanol–water partition coefficient (Wildman–Crippen LogP) is 9.93. The van der Waals surface area contributed by atoms with Crippen LogP contribution in [-0.2, 0) is 4.79 Å². The van der Waals surface area contributed by atoms with E-state index in [0.717, 1.165) is 13.0 Å². The minimum absolute atomic E-state index is 0.00978. The molecule has 2 aromatic rings. The predicted molar refractivity (Wildman–Crippen MR) is 216 cm³/mol. The van der Waals surface area contributed by atoms with Gasteiger partial charge in [-0.05, 0) is 152 Å². The molecule has 1 unspecified atom stereocenters. The van der Waals surface area contributed by atoms with Crippen LogP contribution < -0.4 is 5.32 Å². The monoisotopic (exact) mass is 719 g/mol. The zero-order chi connectivity index (χ0) is 38.1. The number of aliphatic hydroxyl groups is 1. The molecule has 2 aromatic carbocycles. The number of amides is 1. The minimum atomic E-state index is -1.16. The zero-order valence-electron chi connectivity index (χ0n) is 33.9. The lowest BCUT2D eigenvalue weighted by atomic mass is 9.32. The van der Waals surface area contributed by atoms with Gasteiger partial charge in [-0.3, -0.25) is 9.59 Å². The summed E-state index contributed by atoms with van der Waals surface area (Å²) in [6.45, 7) is 21.1. The fourth-order valence-corrected chi connectivity index (χ4v) is 14.1. The van der Waals surface area contributed by atoms with Crippen molar-refractivity contribution in [3.63, 3.8) is 0 Å². The summed E-state index contributed by atoms with van der Waals surface area (Å²) in [4.78, 5) is 28.1. The number of likely N-dealkylation sites (N-methyl/N-ethyl adjacent to an activating group) is 1. The van der Waals surface area contributed by atoms with Crippen molar-refractivity contribution in [2.75, 3.05) is 27.2 Å². The fraction of sp³-hybridized carbons (Fsp3) is 0.625. The van der Waals surface area contributed by atoms with E-state index in [9.17, 15) is 14.7 Å². The molecule has 286 valence electrons. The van der Waals surface area contributed by atoms with E-state index in [1.807, 2.05) is 49.3 Å². The molecule has 4 saturated carbocycles. The average molecular weight is 719 g/mol. The van der Waals surface area contributed by atoms with Crippen LogP contribution in [0.1, 0.15) is 127 Å². The third-order valence-electron chi connectivity index (χ3n) is 16.8. The smallest absolute Gasteiger partial charge is 0.234 e. The van der Waals surface area contributed by atoms with Crippen molar-refractivity contribution >= 4 is 17.3 Å². The van der Waals surface area contributed by atoms with E-state index in [4.69, 9.17) is 0 Å². The van der Waals surface area contributed by atoms with Gasteiger partial charge in [0, 0.05) is 12.1 Å². The number of carbonyl (C=O) groups excluding carboxylic acids is 2. The van der Waals surface area contributed by atoms with E-state index in [0.29, 0.717) is 47.3 Å². The summed E-state index contributed by atoms with van der Waals surface area (Å²) in [7, 11) is 3.94. The summed E-state index contributed by atoms with van der Waals surface area (Å²) < 4.78 is 0. The number of carbonyl (C=O) groups is 2. The molecule has 5 aliphatic carbocycles. The van der Waals surface area contributed by atoms with E-state index >= 15 is 0 Å². The molecule has 10 atom stereocenters. The van der Waals surface area contributed by atoms with Crippen LogP contribution in [0.4, 0.5) is 0 Å². The molecule has 2 N–H and O–H groups in total. The first-order valence-electron chi connectivity index (χ1n) is 20.6. The highest BCUT2D eigenvalue weighted by atomic mass is 16.3. The molecule has 0 spiro atoms. The van der Waals surface area contributed by atoms with Crippen LogP contribution in [0.2, 0.25) is 0 Å². The van der Waals surface area contributed by atoms with E-state index in [-0.39, 0.29) is 38.8 Å². The van der Waals surface area contributed by atoms with Crippen LogP contribution in [0, 0.1) is 56.7 Å². The Labute approximate surface area is 320 Å². The largest absolute Gasteiger partial charge is 0.380 e. The van der Waals surface area contributed by atoms with Gasteiger partial charge in [0.2, 0.25) is 5.91 Å². The maximum absolute atomic E-state index is 13.2. The van der Waals surface area contributed by atoms with Gasteiger partial charge in [0.15, 0.2) is 5.78 Å². The number of nitrogens with zero attached hydrogens (tertiary/aromatic N) is 1. The van der Waals surface area contributed by atoms with Gasteiger partial charge in [0.25, 0.3) is 0 Å². The lowest BCUT2D eigenvalue weighted by molar-refractivity contribution is -0.225. The molecule has 53 heavy (non-hydrogen) atoms. The molecular weight excluding hydrogens is 653 g/mol. The summed E-state index contributed by atoms with van der Waals surface area (Å²) in [5.74, 6) is 2.89. The number of rotatable bonds is 9. The fourth-order valence-electron chi connectivity index (χ4n) is 14.1. The van der Waals surface area contributed by atoms with Gasteiger partial charge >= 0.3 is 0 Å². The second-order valence-corrected chi connectivity index (χ2v) is 19.9. The molecular formula is C48H66N2O3. The normalized spacial score (nSPS) is 37.7. The number of aliphatic hydroxyl groups excluding tert-OH is 1. The summed E-state index contributed by atoms with van der Waals surface area (Å²) in [5, 5.41) is 14.2. The first-order chi connectivity index (χ1) is 25.0. The molecule has 0 saturated heterocycles. The third-order valence-corrected chi connectivity index (χ3v) is 16.8.